The molecular formula is C45H62N10O2. The highest BCUT2D eigenvalue weighted by atomic mass is 16.6. The monoisotopic (exact) mass is 775 g/mol. The van der Waals surface area contributed by atoms with Crippen molar-refractivity contribution in [3.05, 3.63) is 84.7 Å². The zero-order valence-corrected chi connectivity index (χ0v) is 36.1. The summed E-state index contributed by atoms with van der Waals surface area (Å²) in [6, 6.07) is 20.8. The summed E-state index contributed by atoms with van der Waals surface area (Å²) in [5.74, 6) is 4.63. The van der Waals surface area contributed by atoms with Crippen molar-refractivity contribution in [3.8, 4) is 22.3 Å². The molecule has 6 rings (SSSR count). The maximum Gasteiger partial charge on any atom is 0.410 e. The van der Waals surface area contributed by atoms with Gasteiger partial charge in [0, 0.05) is 47.6 Å². The molecule has 1 amide bonds. The maximum absolute atomic E-state index is 12.7. The molecule has 4 heterocycles. The van der Waals surface area contributed by atoms with Gasteiger partial charge in [-0.1, -0.05) is 39.8 Å². The third-order valence-electron chi connectivity index (χ3n) is 9.62. The van der Waals surface area contributed by atoms with Gasteiger partial charge in [0.05, 0.1) is 34.2 Å². The first kappa shape index (κ1) is 42.6. The Morgan fingerprint density at radius 1 is 0.684 bits per heavy atom. The lowest BCUT2D eigenvalue weighted by Crippen LogP contribution is -2.37. The highest BCUT2D eigenvalue weighted by Gasteiger charge is 2.29. The number of imidazole rings is 2. The number of carbonyl (C=O) groups is 1. The van der Waals surface area contributed by atoms with Gasteiger partial charge in [-0.05, 0) is 123 Å². The predicted octanol–water partition coefficient (Wildman–Crippen LogP) is 9.64. The molecule has 0 bridgehead atoms. The number of aromatic nitrogens is 6. The molecule has 0 saturated heterocycles. The summed E-state index contributed by atoms with van der Waals surface area (Å²) in [5, 5.41) is 3.37. The highest BCUT2D eigenvalue weighted by Crippen LogP contribution is 2.31. The standard InChI is InChI=1S/C25H35N5O2.C20H27N5/c1-16(2)13-21(30(8)24(31)32-25(3,4)5)23-27-19-10-9-17(14-20(19)28-23)18-11-12-26-22(15-18)29(6)7;1-13(2)10-18(21-3)20-23-16-7-6-14(11-17(16)24-20)15-8-9-22-19(12-15)25(4)5/h9-12,14-16,21H,13H2,1-8H3,(H,27,28);6-9,11-13,18,21H,10H2,1-5H3,(H,23,24)/t21-;18-/m11/s1. The van der Waals surface area contributed by atoms with Gasteiger partial charge < -0.3 is 34.7 Å². The molecule has 0 aliphatic heterocycles. The normalized spacial score (nSPS) is 12.8. The topological polar surface area (TPSA) is 131 Å². The Morgan fingerprint density at radius 2 is 1.14 bits per heavy atom. The van der Waals surface area contributed by atoms with Crippen molar-refractivity contribution >= 4 is 39.8 Å². The predicted molar refractivity (Wildman–Crippen MR) is 235 cm³/mol. The fourth-order valence-corrected chi connectivity index (χ4v) is 6.62. The highest BCUT2D eigenvalue weighted by molar-refractivity contribution is 5.83. The Hall–Kier alpha value is -5.49. The van der Waals surface area contributed by atoms with E-state index in [1.54, 1.807) is 11.9 Å². The van der Waals surface area contributed by atoms with Gasteiger partial charge in [0.1, 0.15) is 28.9 Å². The number of ether oxygens (including phenoxy) is 1. The lowest BCUT2D eigenvalue weighted by molar-refractivity contribution is 0.0194. The second-order valence-corrected chi connectivity index (χ2v) is 17.0. The van der Waals surface area contributed by atoms with E-state index in [4.69, 9.17) is 14.7 Å². The number of nitrogens with zero attached hydrogens (tertiary/aromatic N) is 7. The minimum Gasteiger partial charge on any atom is -0.444 e. The zero-order chi connectivity index (χ0) is 41.6. The lowest BCUT2D eigenvalue weighted by atomic mass is 10.0. The third-order valence-corrected chi connectivity index (χ3v) is 9.62. The Bertz CT molecular complexity index is 2250. The number of pyridine rings is 2. The van der Waals surface area contributed by atoms with Crippen molar-refractivity contribution in [1.29, 1.82) is 0 Å². The van der Waals surface area contributed by atoms with Crippen LogP contribution in [-0.4, -0.2) is 88.8 Å². The zero-order valence-electron chi connectivity index (χ0n) is 36.1. The average molecular weight is 775 g/mol. The fourth-order valence-electron chi connectivity index (χ4n) is 6.62. The van der Waals surface area contributed by atoms with Crippen LogP contribution in [0.1, 0.15) is 85.0 Å². The Labute approximate surface area is 338 Å². The summed E-state index contributed by atoms with van der Waals surface area (Å²) >= 11 is 0. The molecule has 0 fully saturated rings. The summed E-state index contributed by atoms with van der Waals surface area (Å²) in [5.41, 5.74) is 7.83. The summed E-state index contributed by atoms with van der Waals surface area (Å²) < 4.78 is 5.60. The number of anilines is 2. The van der Waals surface area contributed by atoms with Crippen molar-refractivity contribution in [2.75, 3.05) is 52.1 Å². The van der Waals surface area contributed by atoms with Crippen molar-refractivity contribution < 1.29 is 9.53 Å². The van der Waals surface area contributed by atoms with E-state index < -0.39 is 5.60 Å². The number of hydrogen-bond acceptors (Lipinski definition) is 9. The van der Waals surface area contributed by atoms with Gasteiger partial charge in [-0.3, -0.25) is 0 Å². The van der Waals surface area contributed by atoms with Crippen LogP contribution in [0.15, 0.2) is 73.1 Å². The largest absolute Gasteiger partial charge is 0.444 e. The fraction of sp³-hybridized carbons (Fsp3) is 0.444. The quantitative estimate of drug-likeness (QED) is 0.111. The number of nitrogens with one attached hydrogen (secondary N) is 3. The maximum atomic E-state index is 12.7. The van der Waals surface area contributed by atoms with Crippen molar-refractivity contribution in [3.63, 3.8) is 0 Å². The number of carbonyl (C=O) groups excluding carboxylic acids is 1. The number of aromatic amines is 2. The second-order valence-electron chi connectivity index (χ2n) is 17.0. The Balaban J connectivity index is 0.000000224. The molecule has 57 heavy (non-hydrogen) atoms. The van der Waals surface area contributed by atoms with Crippen LogP contribution < -0.4 is 15.1 Å². The third kappa shape index (κ3) is 11.1. The van der Waals surface area contributed by atoms with Crippen LogP contribution in [0, 0.1) is 11.8 Å². The number of amides is 1. The number of H-pyrrole nitrogens is 2. The van der Waals surface area contributed by atoms with Crippen LogP contribution >= 0.6 is 0 Å². The van der Waals surface area contributed by atoms with E-state index in [9.17, 15) is 4.79 Å². The van der Waals surface area contributed by atoms with Gasteiger partial charge in [-0.25, -0.2) is 24.7 Å². The first-order valence-corrected chi connectivity index (χ1v) is 19.8. The molecule has 2 atom stereocenters. The molecule has 0 radical (unpaired) electrons. The number of rotatable bonds is 12. The molecule has 12 heteroatoms. The molecule has 6 aromatic rings. The number of hydrogen-bond donors (Lipinski definition) is 3. The lowest BCUT2D eigenvalue weighted by Gasteiger charge is -2.30. The molecule has 0 aliphatic carbocycles. The molecule has 4 aromatic heterocycles. The summed E-state index contributed by atoms with van der Waals surface area (Å²) in [7, 11) is 11.7. The van der Waals surface area contributed by atoms with Crippen LogP contribution in [0.3, 0.4) is 0 Å². The molecule has 0 saturated carbocycles. The molecule has 12 nitrogen and oxygen atoms in total. The van der Waals surface area contributed by atoms with Crippen molar-refractivity contribution in [1.82, 2.24) is 40.1 Å². The Morgan fingerprint density at radius 3 is 1.58 bits per heavy atom. The van der Waals surface area contributed by atoms with E-state index in [1.807, 2.05) is 96.4 Å². The molecule has 0 spiro atoms. The first-order chi connectivity index (χ1) is 26.9. The second kappa shape index (κ2) is 18.2. The summed E-state index contributed by atoms with van der Waals surface area (Å²) in [4.78, 5) is 43.7. The van der Waals surface area contributed by atoms with Crippen LogP contribution in [0.25, 0.3) is 44.3 Å². The van der Waals surface area contributed by atoms with Gasteiger partial charge in [0.15, 0.2) is 0 Å². The summed E-state index contributed by atoms with van der Waals surface area (Å²) in [6.07, 6.45) is 5.16. The molecular weight excluding hydrogens is 713 g/mol. The van der Waals surface area contributed by atoms with Gasteiger partial charge in [-0.2, -0.15) is 0 Å². The van der Waals surface area contributed by atoms with E-state index >= 15 is 0 Å². The molecule has 3 N–H and O–H groups in total. The molecule has 2 aromatic carbocycles. The van der Waals surface area contributed by atoms with Crippen molar-refractivity contribution in [2.24, 2.45) is 11.8 Å². The van der Waals surface area contributed by atoms with Gasteiger partial charge in [0.2, 0.25) is 0 Å². The average Bonchev–Trinajstić information content (AvgIpc) is 3.79. The number of fused-ring (bicyclic) bond motifs is 2. The van der Waals surface area contributed by atoms with Crippen LogP contribution in [0.2, 0.25) is 0 Å². The van der Waals surface area contributed by atoms with Crippen molar-refractivity contribution in [2.45, 2.75) is 79.0 Å². The Kier molecular flexibility index (Phi) is 13.6. The van der Waals surface area contributed by atoms with E-state index in [2.05, 4.69) is 95.4 Å². The molecule has 0 unspecified atom stereocenters. The molecule has 304 valence electrons. The smallest absolute Gasteiger partial charge is 0.410 e. The van der Waals surface area contributed by atoms with Gasteiger partial charge >= 0.3 is 6.09 Å². The van der Waals surface area contributed by atoms with Crippen LogP contribution in [-0.2, 0) is 4.74 Å². The van der Waals surface area contributed by atoms with E-state index in [1.165, 1.54) is 0 Å². The summed E-state index contributed by atoms with van der Waals surface area (Å²) in [6.45, 7) is 14.4. The SMILES string of the molecule is CC(C)C[C@H](c1nc2ccc(-c3ccnc(N(C)C)c3)cc2[nH]1)N(C)C(=O)OC(C)(C)C.CN[C@H](CC(C)C)c1nc2ccc(-c3ccnc(N(C)C)c3)cc2[nH]1. The van der Waals surface area contributed by atoms with Crippen LogP contribution in [0.5, 0.6) is 0 Å². The molecule has 0 aliphatic rings. The minimum atomic E-state index is -0.549. The number of benzene rings is 2. The van der Waals surface area contributed by atoms with E-state index in [0.29, 0.717) is 11.8 Å². The van der Waals surface area contributed by atoms with Gasteiger partial charge in [-0.15, -0.1) is 0 Å². The van der Waals surface area contributed by atoms with Crippen LogP contribution in [0.4, 0.5) is 16.4 Å². The minimum absolute atomic E-state index is 0.207. The van der Waals surface area contributed by atoms with Gasteiger partial charge in [0.25, 0.3) is 0 Å². The first-order valence-electron chi connectivity index (χ1n) is 19.8. The van der Waals surface area contributed by atoms with E-state index in [-0.39, 0.29) is 18.2 Å². The van der Waals surface area contributed by atoms with E-state index in [0.717, 1.165) is 80.4 Å².